The molecule has 0 amide bonds. The van der Waals surface area contributed by atoms with Gasteiger partial charge in [0.2, 0.25) is 0 Å². The van der Waals surface area contributed by atoms with Crippen molar-refractivity contribution in [2.45, 2.75) is 57.3 Å². The van der Waals surface area contributed by atoms with E-state index in [1.807, 2.05) is 38.4 Å². The Morgan fingerprint density at radius 3 is 2.55 bits per heavy atom. The monoisotopic (exact) mass is 383 g/mol. The molecule has 0 atom stereocenters. The third-order valence-corrected chi connectivity index (χ3v) is 6.33. The molecule has 1 aliphatic rings. The van der Waals surface area contributed by atoms with Crippen LogP contribution in [-0.2, 0) is 5.41 Å². The van der Waals surface area contributed by atoms with Crippen molar-refractivity contribution in [2.75, 3.05) is 0 Å². The molecule has 5 rings (SSSR count). The zero-order chi connectivity index (χ0) is 20.0. The standard InChI is InChI=1S/C24H25N5/c1-24(2,15-25)18-10-8-16(9-11-18)21-20-14-27-22-19(12-13-26-22)29(20)23(28-21)17-6-4-3-5-7-17/h8-14,17,26H,3-7H2,1-2H3. The summed E-state index contributed by atoms with van der Waals surface area (Å²) in [4.78, 5) is 13.0. The zero-order valence-electron chi connectivity index (χ0n) is 16.9. The average Bonchev–Trinajstić information content (AvgIpc) is 3.39. The second-order valence-corrected chi connectivity index (χ2v) is 8.66. The van der Waals surface area contributed by atoms with Crippen LogP contribution >= 0.6 is 0 Å². The molecule has 3 aromatic heterocycles. The van der Waals surface area contributed by atoms with Gasteiger partial charge in [0.25, 0.3) is 0 Å². The number of aromatic amines is 1. The van der Waals surface area contributed by atoms with E-state index >= 15 is 0 Å². The van der Waals surface area contributed by atoms with Crippen molar-refractivity contribution in [3.8, 4) is 17.3 Å². The first kappa shape index (κ1) is 17.9. The highest BCUT2D eigenvalue weighted by atomic mass is 15.1. The molecule has 5 nitrogen and oxygen atoms in total. The molecular formula is C24H25N5. The Morgan fingerprint density at radius 2 is 1.83 bits per heavy atom. The molecule has 4 aromatic rings. The predicted octanol–water partition coefficient (Wildman–Crippen LogP) is 5.73. The molecule has 1 saturated carbocycles. The highest BCUT2D eigenvalue weighted by Gasteiger charge is 2.25. The summed E-state index contributed by atoms with van der Waals surface area (Å²) >= 11 is 0. The first-order chi connectivity index (χ1) is 14.1. The van der Waals surface area contributed by atoms with Gasteiger partial charge in [0, 0.05) is 17.7 Å². The van der Waals surface area contributed by atoms with Gasteiger partial charge in [-0.25, -0.2) is 9.97 Å². The van der Waals surface area contributed by atoms with E-state index in [9.17, 15) is 5.26 Å². The number of nitrogens with one attached hydrogen (secondary N) is 1. The van der Waals surface area contributed by atoms with Crippen molar-refractivity contribution in [3.63, 3.8) is 0 Å². The van der Waals surface area contributed by atoms with Gasteiger partial charge in [0.15, 0.2) is 5.65 Å². The fourth-order valence-electron chi connectivity index (χ4n) is 4.54. The second kappa shape index (κ2) is 6.73. The lowest BCUT2D eigenvalue weighted by Gasteiger charge is -2.20. The van der Waals surface area contributed by atoms with Crippen LogP contribution in [0.4, 0.5) is 0 Å². The lowest BCUT2D eigenvalue weighted by atomic mass is 9.86. The molecule has 0 saturated heterocycles. The van der Waals surface area contributed by atoms with E-state index in [1.165, 1.54) is 32.1 Å². The van der Waals surface area contributed by atoms with Crippen LogP contribution in [0.1, 0.15) is 63.3 Å². The molecule has 0 bridgehead atoms. The van der Waals surface area contributed by atoms with Gasteiger partial charge in [0.05, 0.1) is 34.4 Å². The Balaban J connectivity index is 1.69. The lowest BCUT2D eigenvalue weighted by Crippen LogP contribution is -2.13. The van der Waals surface area contributed by atoms with E-state index in [0.29, 0.717) is 5.92 Å². The summed E-state index contributed by atoms with van der Waals surface area (Å²) in [5, 5.41) is 9.43. The van der Waals surface area contributed by atoms with Crippen molar-refractivity contribution >= 4 is 16.7 Å². The van der Waals surface area contributed by atoms with Gasteiger partial charge < -0.3 is 4.98 Å². The minimum atomic E-state index is -0.499. The Kier molecular flexibility index (Phi) is 4.16. The number of benzene rings is 1. The van der Waals surface area contributed by atoms with Crippen molar-refractivity contribution in [1.82, 2.24) is 19.4 Å². The smallest absolute Gasteiger partial charge is 0.154 e. The van der Waals surface area contributed by atoms with E-state index in [1.54, 1.807) is 0 Å². The maximum absolute atomic E-state index is 9.43. The number of hydrogen-bond donors (Lipinski definition) is 1. The summed E-state index contributed by atoms with van der Waals surface area (Å²) in [6.45, 7) is 3.89. The number of nitrogens with zero attached hydrogens (tertiary/aromatic N) is 4. The zero-order valence-corrected chi connectivity index (χ0v) is 16.9. The van der Waals surface area contributed by atoms with Gasteiger partial charge >= 0.3 is 0 Å². The van der Waals surface area contributed by atoms with Crippen molar-refractivity contribution in [2.24, 2.45) is 0 Å². The number of nitriles is 1. The molecule has 1 aromatic carbocycles. The summed E-state index contributed by atoms with van der Waals surface area (Å²) in [6, 6.07) is 12.7. The second-order valence-electron chi connectivity index (χ2n) is 8.66. The molecule has 5 heteroatoms. The van der Waals surface area contributed by atoms with Crippen molar-refractivity contribution in [1.29, 1.82) is 5.26 Å². The van der Waals surface area contributed by atoms with Crippen LogP contribution in [0.2, 0.25) is 0 Å². The first-order valence-corrected chi connectivity index (χ1v) is 10.4. The van der Waals surface area contributed by atoms with Gasteiger partial charge in [-0.3, -0.25) is 4.40 Å². The SMILES string of the molecule is CC(C)(C#N)c1ccc(-c2nc(C3CCCCC3)n3c2cnc2[nH]ccc23)cc1. The van der Waals surface area contributed by atoms with Crippen molar-refractivity contribution < 1.29 is 0 Å². The number of aromatic nitrogens is 4. The summed E-state index contributed by atoms with van der Waals surface area (Å²) in [5.74, 6) is 1.64. The number of imidazole rings is 1. The topological polar surface area (TPSA) is 69.8 Å². The van der Waals surface area contributed by atoms with Crippen LogP contribution in [0.15, 0.2) is 42.7 Å². The normalized spacial score (nSPS) is 15.8. The van der Waals surface area contributed by atoms with Crippen LogP contribution in [0.5, 0.6) is 0 Å². The molecule has 1 N–H and O–H groups in total. The van der Waals surface area contributed by atoms with Crippen LogP contribution < -0.4 is 0 Å². The quantitative estimate of drug-likeness (QED) is 0.491. The third-order valence-electron chi connectivity index (χ3n) is 6.33. The largest absolute Gasteiger partial charge is 0.345 e. The maximum Gasteiger partial charge on any atom is 0.154 e. The molecule has 0 unspecified atom stereocenters. The molecule has 1 fully saturated rings. The molecule has 0 radical (unpaired) electrons. The molecule has 0 aliphatic heterocycles. The Bertz CT molecular complexity index is 1210. The van der Waals surface area contributed by atoms with Crippen LogP contribution in [0.25, 0.3) is 27.9 Å². The molecule has 146 valence electrons. The number of rotatable bonds is 3. The van der Waals surface area contributed by atoms with Crippen LogP contribution in [-0.4, -0.2) is 19.4 Å². The van der Waals surface area contributed by atoms with Crippen LogP contribution in [0.3, 0.4) is 0 Å². The molecule has 3 heterocycles. The van der Waals surface area contributed by atoms with Gasteiger partial charge in [0.1, 0.15) is 5.82 Å². The van der Waals surface area contributed by atoms with E-state index in [2.05, 4.69) is 38.6 Å². The average molecular weight is 383 g/mol. The minimum absolute atomic E-state index is 0.488. The molecular weight excluding hydrogens is 358 g/mol. The summed E-state index contributed by atoms with van der Waals surface area (Å²) in [7, 11) is 0. The Labute approximate surface area is 170 Å². The van der Waals surface area contributed by atoms with E-state index in [4.69, 9.17) is 4.98 Å². The van der Waals surface area contributed by atoms with Crippen molar-refractivity contribution in [3.05, 3.63) is 54.1 Å². The highest BCUT2D eigenvalue weighted by Crippen LogP contribution is 2.37. The number of hydrogen-bond acceptors (Lipinski definition) is 3. The Morgan fingerprint density at radius 1 is 1.07 bits per heavy atom. The molecule has 1 aliphatic carbocycles. The fourth-order valence-corrected chi connectivity index (χ4v) is 4.54. The number of fused-ring (bicyclic) bond motifs is 3. The predicted molar refractivity (Wildman–Crippen MR) is 115 cm³/mol. The molecule has 29 heavy (non-hydrogen) atoms. The fraction of sp³-hybridized carbons (Fsp3) is 0.375. The number of H-pyrrole nitrogens is 1. The van der Waals surface area contributed by atoms with E-state index in [0.717, 1.165) is 39.3 Å². The van der Waals surface area contributed by atoms with Gasteiger partial charge in [-0.15, -0.1) is 0 Å². The van der Waals surface area contributed by atoms with Crippen LogP contribution in [0, 0.1) is 11.3 Å². The summed E-state index contributed by atoms with van der Waals surface area (Å²) in [6.07, 6.45) is 10.1. The Hall–Kier alpha value is -3.13. The molecule has 0 spiro atoms. The minimum Gasteiger partial charge on any atom is -0.345 e. The third kappa shape index (κ3) is 2.91. The highest BCUT2D eigenvalue weighted by molar-refractivity contribution is 5.84. The summed E-state index contributed by atoms with van der Waals surface area (Å²) < 4.78 is 2.30. The van der Waals surface area contributed by atoms with Gasteiger partial charge in [-0.2, -0.15) is 5.26 Å². The lowest BCUT2D eigenvalue weighted by molar-refractivity contribution is 0.429. The summed E-state index contributed by atoms with van der Waals surface area (Å²) in [5.41, 5.74) is 5.59. The van der Waals surface area contributed by atoms with E-state index < -0.39 is 5.41 Å². The van der Waals surface area contributed by atoms with E-state index in [-0.39, 0.29) is 0 Å². The van der Waals surface area contributed by atoms with Gasteiger partial charge in [-0.1, -0.05) is 43.5 Å². The maximum atomic E-state index is 9.43. The first-order valence-electron chi connectivity index (χ1n) is 10.4. The van der Waals surface area contributed by atoms with Gasteiger partial charge in [-0.05, 0) is 38.3 Å².